The topological polar surface area (TPSA) is 68.5 Å². The number of rotatable bonds is 6. The zero-order valence-electron chi connectivity index (χ0n) is 15.1. The molecule has 0 spiro atoms. The van der Waals surface area contributed by atoms with Crippen LogP contribution in [0.5, 0.6) is 5.75 Å². The molecule has 146 valence electrons. The number of anilines is 1. The molecule has 0 atom stereocenters. The van der Waals surface area contributed by atoms with Gasteiger partial charge in [0.25, 0.3) is 11.7 Å². The van der Waals surface area contributed by atoms with Gasteiger partial charge >= 0.3 is 5.63 Å². The number of ether oxygens (including phenoxy) is 1. The van der Waals surface area contributed by atoms with E-state index < -0.39 is 17.3 Å². The number of aryl methyl sites for hydroxylation is 2. The third-order valence-corrected chi connectivity index (χ3v) is 4.76. The highest BCUT2D eigenvalue weighted by molar-refractivity contribution is 7.99. The zero-order chi connectivity index (χ0) is 20.3. The molecule has 1 heterocycles. The van der Waals surface area contributed by atoms with Gasteiger partial charge in [0, 0.05) is 27.6 Å². The number of carbonyl (C=O) groups is 1. The molecule has 1 amide bonds. The van der Waals surface area contributed by atoms with Crippen molar-refractivity contribution >= 4 is 34.3 Å². The quantitative estimate of drug-likeness (QED) is 0.474. The standard InChI is InChI=1S/C20H17F2NO4S/c1-11-9-18(25)27-19-12(2)16(8-7-15(11)19)26-10-17(24)23-13-3-5-14(6-4-13)28-20(21)22/h3-9,20H,10H2,1-2H3,(H,23,24). The summed E-state index contributed by atoms with van der Waals surface area (Å²) in [7, 11) is 0. The van der Waals surface area contributed by atoms with Crippen LogP contribution in [0.15, 0.2) is 56.6 Å². The van der Waals surface area contributed by atoms with E-state index in [2.05, 4.69) is 5.32 Å². The van der Waals surface area contributed by atoms with Gasteiger partial charge in [-0.05, 0) is 55.8 Å². The first-order chi connectivity index (χ1) is 13.3. The zero-order valence-corrected chi connectivity index (χ0v) is 15.9. The predicted octanol–water partition coefficient (Wildman–Crippen LogP) is 4.74. The number of thioether (sulfide) groups is 1. The number of hydrogen-bond donors (Lipinski definition) is 1. The van der Waals surface area contributed by atoms with Gasteiger partial charge in [0.1, 0.15) is 11.3 Å². The fourth-order valence-corrected chi connectivity index (χ4v) is 3.22. The first kappa shape index (κ1) is 19.9. The molecule has 3 rings (SSSR count). The van der Waals surface area contributed by atoms with Gasteiger partial charge in [-0.3, -0.25) is 4.79 Å². The molecule has 3 aromatic rings. The van der Waals surface area contributed by atoms with Gasteiger partial charge in [0.05, 0.1) is 0 Å². The van der Waals surface area contributed by atoms with Crippen molar-refractivity contribution in [2.24, 2.45) is 0 Å². The van der Waals surface area contributed by atoms with Crippen molar-refractivity contribution < 1.29 is 22.7 Å². The molecule has 0 saturated carbocycles. The van der Waals surface area contributed by atoms with Crippen LogP contribution in [0.3, 0.4) is 0 Å². The molecule has 5 nitrogen and oxygen atoms in total. The highest BCUT2D eigenvalue weighted by atomic mass is 32.2. The Kier molecular flexibility index (Phi) is 5.99. The van der Waals surface area contributed by atoms with E-state index in [0.717, 1.165) is 10.9 Å². The summed E-state index contributed by atoms with van der Waals surface area (Å²) in [5, 5.41) is 3.43. The molecule has 28 heavy (non-hydrogen) atoms. The Hall–Kier alpha value is -2.87. The van der Waals surface area contributed by atoms with Crippen LogP contribution in [0.1, 0.15) is 11.1 Å². The normalized spacial score (nSPS) is 11.0. The minimum absolute atomic E-state index is 0.254. The number of fused-ring (bicyclic) bond motifs is 1. The molecule has 0 aliphatic rings. The van der Waals surface area contributed by atoms with Crippen LogP contribution in [0.25, 0.3) is 11.0 Å². The molecule has 2 aromatic carbocycles. The molecular weight excluding hydrogens is 388 g/mol. The fraction of sp³-hybridized carbons (Fsp3) is 0.200. The van der Waals surface area contributed by atoms with Crippen LogP contribution in [-0.2, 0) is 4.79 Å². The number of nitrogens with one attached hydrogen (secondary N) is 1. The SMILES string of the molecule is Cc1cc(=O)oc2c(C)c(OCC(=O)Nc3ccc(SC(F)F)cc3)ccc12. The largest absolute Gasteiger partial charge is 0.483 e. The maximum atomic E-state index is 12.3. The van der Waals surface area contributed by atoms with E-state index in [1.54, 1.807) is 31.2 Å². The van der Waals surface area contributed by atoms with E-state index in [4.69, 9.17) is 9.15 Å². The lowest BCUT2D eigenvalue weighted by atomic mass is 10.1. The smallest absolute Gasteiger partial charge is 0.336 e. The highest BCUT2D eigenvalue weighted by Crippen LogP contribution is 2.28. The molecule has 1 aromatic heterocycles. The molecule has 0 bridgehead atoms. The van der Waals surface area contributed by atoms with E-state index in [1.807, 2.05) is 6.92 Å². The second kappa shape index (κ2) is 8.43. The molecule has 0 aliphatic carbocycles. The summed E-state index contributed by atoms with van der Waals surface area (Å²) >= 11 is 0.436. The summed E-state index contributed by atoms with van der Waals surface area (Å²) in [6.45, 7) is 3.31. The first-order valence-electron chi connectivity index (χ1n) is 8.35. The molecule has 0 saturated heterocycles. The summed E-state index contributed by atoms with van der Waals surface area (Å²) in [4.78, 5) is 24.1. The Labute approximate surface area is 163 Å². The number of halogens is 2. The lowest BCUT2D eigenvalue weighted by Gasteiger charge is -2.12. The van der Waals surface area contributed by atoms with Gasteiger partial charge < -0.3 is 14.5 Å². The van der Waals surface area contributed by atoms with Gasteiger partial charge in [-0.25, -0.2) is 4.79 Å². The van der Waals surface area contributed by atoms with Crippen LogP contribution in [0.2, 0.25) is 0 Å². The molecule has 0 unspecified atom stereocenters. The Morgan fingerprint density at radius 1 is 1.18 bits per heavy atom. The van der Waals surface area contributed by atoms with Crippen molar-refractivity contribution in [2.45, 2.75) is 24.5 Å². The molecule has 8 heteroatoms. The first-order valence-corrected chi connectivity index (χ1v) is 9.23. The summed E-state index contributed by atoms with van der Waals surface area (Å²) in [5.41, 5.74) is 1.88. The molecule has 0 radical (unpaired) electrons. The molecule has 0 fully saturated rings. The number of benzene rings is 2. The number of hydrogen-bond acceptors (Lipinski definition) is 5. The van der Waals surface area contributed by atoms with E-state index in [9.17, 15) is 18.4 Å². The summed E-state index contributed by atoms with van der Waals surface area (Å²) in [6.07, 6.45) is 0. The third-order valence-electron chi connectivity index (χ3n) is 4.04. The average molecular weight is 405 g/mol. The number of carbonyl (C=O) groups excluding carboxylic acids is 1. The maximum Gasteiger partial charge on any atom is 0.336 e. The monoisotopic (exact) mass is 405 g/mol. The second-order valence-electron chi connectivity index (χ2n) is 6.05. The van der Waals surface area contributed by atoms with Crippen molar-refractivity contribution in [2.75, 3.05) is 11.9 Å². The van der Waals surface area contributed by atoms with E-state index in [-0.39, 0.29) is 6.61 Å². The van der Waals surface area contributed by atoms with Gasteiger partial charge in [0.15, 0.2) is 6.61 Å². The Morgan fingerprint density at radius 2 is 1.89 bits per heavy atom. The van der Waals surface area contributed by atoms with Gasteiger partial charge in [-0.2, -0.15) is 8.78 Å². The Balaban J connectivity index is 1.66. The summed E-state index contributed by atoms with van der Waals surface area (Å²) in [5.74, 6) is -2.47. The van der Waals surface area contributed by atoms with Crippen LogP contribution in [-0.4, -0.2) is 18.3 Å². The van der Waals surface area contributed by atoms with E-state index >= 15 is 0 Å². The van der Waals surface area contributed by atoms with Crippen LogP contribution in [0, 0.1) is 13.8 Å². The molecule has 0 aliphatic heterocycles. The molecular formula is C20H17F2NO4S. The van der Waals surface area contributed by atoms with Crippen molar-refractivity contribution in [3.8, 4) is 5.75 Å². The average Bonchev–Trinajstić information content (AvgIpc) is 2.63. The number of amides is 1. The predicted molar refractivity (Wildman–Crippen MR) is 104 cm³/mol. The molecule has 1 N–H and O–H groups in total. The maximum absolute atomic E-state index is 12.3. The minimum atomic E-state index is -2.49. The van der Waals surface area contributed by atoms with E-state index in [1.165, 1.54) is 18.2 Å². The second-order valence-corrected chi connectivity index (χ2v) is 7.12. The van der Waals surface area contributed by atoms with Crippen molar-refractivity contribution in [1.29, 1.82) is 0 Å². The van der Waals surface area contributed by atoms with E-state index in [0.29, 0.717) is 39.2 Å². The Bertz CT molecular complexity index is 1060. The summed E-state index contributed by atoms with van der Waals surface area (Å²) < 4.78 is 35.5. The van der Waals surface area contributed by atoms with Crippen molar-refractivity contribution in [3.05, 3.63) is 64.0 Å². The van der Waals surface area contributed by atoms with Crippen LogP contribution < -0.4 is 15.7 Å². The van der Waals surface area contributed by atoms with Crippen LogP contribution >= 0.6 is 11.8 Å². The van der Waals surface area contributed by atoms with Crippen molar-refractivity contribution in [3.63, 3.8) is 0 Å². The third kappa shape index (κ3) is 4.69. The van der Waals surface area contributed by atoms with Gasteiger partial charge in [-0.15, -0.1) is 0 Å². The van der Waals surface area contributed by atoms with Crippen LogP contribution in [0.4, 0.5) is 14.5 Å². The summed E-state index contributed by atoms with van der Waals surface area (Å²) in [6, 6.07) is 11.0. The lowest BCUT2D eigenvalue weighted by molar-refractivity contribution is -0.118. The highest BCUT2D eigenvalue weighted by Gasteiger charge is 2.12. The lowest BCUT2D eigenvalue weighted by Crippen LogP contribution is -2.20. The van der Waals surface area contributed by atoms with Gasteiger partial charge in [-0.1, -0.05) is 11.8 Å². The fourth-order valence-electron chi connectivity index (χ4n) is 2.72. The Morgan fingerprint density at radius 3 is 2.57 bits per heavy atom. The van der Waals surface area contributed by atoms with Crippen molar-refractivity contribution in [1.82, 2.24) is 0 Å². The number of alkyl halides is 2. The minimum Gasteiger partial charge on any atom is -0.483 e. The van der Waals surface area contributed by atoms with Gasteiger partial charge in [0.2, 0.25) is 0 Å².